The number of rotatable bonds is 11. The highest BCUT2D eigenvalue weighted by Crippen LogP contribution is 2.40. The van der Waals surface area contributed by atoms with Gasteiger partial charge in [-0.25, -0.2) is 0 Å². The Balaban J connectivity index is 1.61. The molecular weight excluding hydrogens is 458 g/mol. The standard InChI is InChI=1S/C28H33N3O5/c1-36-16-8-15-31-26(34)18-28(27(31)35,22-11-6-3-7-12-22)17-25(33)30(19-21-9-4-2-5-10-21)20-23-13-14-24(32)29-23/h2-7,9-12,23H,8,13-20H2,1H3,(H,29,32)/t23-,28+/m0/s1. The van der Waals surface area contributed by atoms with Crippen LogP contribution >= 0.6 is 0 Å². The lowest BCUT2D eigenvalue weighted by Gasteiger charge is -2.32. The van der Waals surface area contributed by atoms with Crippen LogP contribution < -0.4 is 5.32 Å². The second-order valence-corrected chi connectivity index (χ2v) is 9.56. The van der Waals surface area contributed by atoms with Crippen molar-refractivity contribution < 1.29 is 23.9 Å². The van der Waals surface area contributed by atoms with Gasteiger partial charge in [-0.2, -0.15) is 0 Å². The van der Waals surface area contributed by atoms with Crippen LogP contribution in [0.4, 0.5) is 0 Å². The molecule has 2 heterocycles. The minimum atomic E-state index is -1.25. The van der Waals surface area contributed by atoms with Crippen molar-refractivity contribution >= 4 is 23.6 Å². The largest absolute Gasteiger partial charge is 0.385 e. The highest BCUT2D eigenvalue weighted by atomic mass is 16.5. The summed E-state index contributed by atoms with van der Waals surface area (Å²) < 4.78 is 5.09. The van der Waals surface area contributed by atoms with Crippen molar-refractivity contribution in [1.29, 1.82) is 0 Å². The van der Waals surface area contributed by atoms with Gasteiger partial charge >= 0.3 is 0 Å². The Morgan fingerprint density at radius 3 is 2.42 bits per heavy atom. The van der Waals surface area contributed by atoms with Crippen molar-refractivity contribution in [2.75, 3.05) is 26.8 Å². The van der Waals surface area contributed by atoms with E-state index in [9.17, 15) is 19.2 Å². The van der Waals surface area contributed by atoms with E-state index >= 15 is 0 Å². The smallest absolute Gasteiger partial charge is 0.240 e. The fourth-order valence-electron chi connectivity index (χ4n) is 5.13. The lowest BCUT2D eigenvalue weighted by atomic mass is 9.75. The number of benzene rings is 2. The molecule has 36 heavy (non-hydrogen) atoms. The first-order valence-corrected chi connectivity index (χ1v) is 12.4. The Morgan fingerprint density at radius 1 is 1.08 bits per heavy atom. The van der Waals surface area contributed by atoms with Gasteiger partial charge in [-0.05, 0) is 24.0 Å². The average Bonchev–Trinajstić information content (AvgIpc) is 3.40. The lowest BCUT2D eigenvalue weighted by molar-refractivity contribution is -0.143. The van der Waals surface area contributed by atoms with Crippen LogP contribution in [0.2, 0.25) is 0 Å². The molecule has 2 aromatic rings. The molecule has 2 aliphatic heterocycles. The summed E-state index contributed by atoms with van der Waals surface area (Å²) in [5.41, 5.74) is 0.370. The van der Waals surface area contributed by atoms with Crippen LogP contribution in [0.15, 0.2) is 60.7 Å². The Bertz CT molecular complexity index is 1090. The van der Waals surface area contributed by atoms with Crippen molar-refractivity contribution in [3.8, 4) is 0 Å². The van der Waals surface area contributed by atoms with Gasteiger partial charge in [-0.1, -0.05) is 60.7 Å². The molecule has 8 nitrogen and oxygen atoms in total. The number of methoxy groups -OCH3 is 1. The van der Waals surface area contributed by atoms with E-state index in [0.29, 0.717) is 44.5 Å². The Labute approximate surface area is 211 Å². The zero-order valence-corrected chi connectivity index (χ0v) is 20.7. The van der Waals surface area contributed by atoms with E-state index in [0.717, 1.165) is 5.56 Å². The predicted octanol–water partition coefficient (Wildman–Crippen LogP) is 2.42. The number of imide groups is 1. The maximum absolute atomic E-state index is 13.9. The molecule has 8 heteroatoms. The first-order chi connectivity index (χ1) is 17.4. The molecule has 0 unspecified atom stereocenters. The fraction of sp³-hybridized carbons (Fsp3) is 0.429. The molecular formula is C28H33N3O5. The molecule has 2 aliphatic rings. The molecule has 0 aliphatic carbocycles. The molecule has 2 aromatic carbocycles. The van der Waals surface area contributed by atoms with Crippen LogP contribution in [0.5, 0.6) is 0 Å². The Hall–Kier alpha value is -3.52. The second kappa shape index (κ2) is 11.5. The van der Waals surface area contributed by atoms with Gasteiger partial charge in [0.1, 0.15) is 0 Å². The topological polar surface area (TPSA) is 96.0 Å². The molecule has 190 valence electrons. The minimum Gasteiger partial charge on any atom is -0.385 e. The van der Waals surface area contributed by atoms with Crippen LogP contribution in [-0.4, -0.2) is 66.3 Å². The van der Waals surface area contributed by atoms with Crippen molar-refractivity contribution in [1.82, 2.24) is 15.1 Å². The average molecular weight is 492 g/mol. The van der Waals surface area contributed by atoms with E-state index in [4.69, 9.17) is 4.74 Å². The number of likely N-dealkylation sites (tertiary alicyclic amines) is 1. The molecule has 0 spiro atoms. The number of ether oxygens (including phenoxy) is 1. The van der Waals surface area contributed by atoms with E-state index in [2.05, 4.69) is 5.32 Å². The van der Waals surface area contributed by atoms with Crippen molar-refractivity contribution in [2.45, 2.75) is 50.1 Å². The van der Waals surface area contributed by atoms with Crippen LogP contribution in [0.3, 0.4) is 0 Å². The third-order valence-corrected chi connectivity index (χ3v) is 7.01. The molecule has 2 saturated heterocycles. The van der Waals surface area contributed by atoms with Crippen LogP contribution in [0, 0.1) is 0 Å². The highest BCUT2D eigenvalue weighted by molar-refractivity contribution is 6.10. The van der Waals surface area contributed by atoms with Crippen molar-refractivity contribution in [2.24, 2.45) is 0 Å². The number of nitrogens with zero attached hydrogens (tertiary/aromatic N) is 2. The van der Waals surface area contributed by atoms with Gasteiger partial charge in [0.05, 0.1) is 5.41 Å². The van der Waals surface area contributed by atoms with E-state index in [-0.39, 0.29) is 49.1 Å². The lowest BCUT2D eigenvalue weighted by Crippen LogP contribution is -2.46. The Morgan fingerprint density at radius 2 is 1.78 bits per heavy atom. The molecule has 0 radical (unpaired) electrons. The summed E-state index contributed by atoms with van der Waals surface area (Å²) >= 11 is 0. The van der Waals surface area contributed by atoms with Crippen LogP contribution in [-0.2, 0) is 35.9 Å². The SMILES string of the molecule is COCCCN1C(=O)C[C@](CC(=O)N(Cc2ccccc2)C[C@@H]2CCC(=O)N2)(c2ccccc2)C1=O. The molecule has 0 aromatic heterocycles. The van der Waals surface area contributed by atoms with Crippen LogP contribution in [0.1, 0.15) is 43.2 Å². The summed E-state index contributed by atoms with van der Waals surface area (Å²) in [6.45, 7) is 1.41. The highest BCUT2D eigenvalue weighted by Gasteiger charge is 2.54. The summed E-state index contributed by atoms with van der Waals surface area (Å²) in [6, 6.07) is 18.6. The van der Waals surface area contributed by atoms with Crippen molar-refractivity contribution in [3.63, 3.8) is 0 Å². The summed E-state index contributed by atoms with van der Waals surface area (Å²) in [5, 5.41) is 2.94. The minimum absolute atomic E-state index is 0.0175. The normalized spacial score (nSPS) is 21.6. The second-order valence-electron chi connectivity index (χ2n) is 9.56. The van der Waals surface area contributed by atoms with Gasteiger partial charge in [-0.3, -0.25) is 24.1 Å². The van der Waals surface area contributed by atoms with Gasteiger partial charge in [0.25, 0.3) is 0 Å². The summed E-state index contributed by atoms with van der Waals surface area (Å²) in [4.78, 5) is 55.4. The number of amides is 4. The summed E-state index contributed by atoms with van der Waals surface area (Å²) in [6.07, 6.45) is 1.47. The molecule has 1 N–H and O–H groups in total. The molecule has 4 rings (SSSR count). The maximum atomic E-state index is 13.9. The third kappa shape index (κ3) is 5.65. The number of carbonyl (C=O) groups excluding carboxylic acids is 4. The zero-order chi connectivity index (χ0) is 25.5. The van der Waals surface area contributed by atoms with E-state index in [1.54, 1.807) is 12.0 Å². The third-order valence-electron chi connectivity index (χ3n) is 7.01. The monoisotopic (exact) mass is 491 g/mol. The predicted molar refractivity (Wildman–Crippen MR) is 134 cm³/mol. The van der Waals surface area contributed by atoms with Crippen LogP contribution in [0.25, 0.3) is 0 Å². The first-order valence-electron chi connectivity index (χ1n) is 12.4. The number of nitrogens with one attached hydrogen (secondary N) is 1. The van der Waals surface area contributed by atoms with Crippen molar-refractivity contribution in [3.05, 3.63) is 71.8 Å². The van der Waals surface area contributed by atoms with E-state index in [1.807, 2.05) is 60.7 Å². The summed E-state index contributed by atoms with van der Waals surface area (Å²) in [5.74, 6) is -0.845. The molecule has 2 fully saturated rings. The molecule has 0 bridgehead atoms. The maximum Gasteiger partial charge on any atom is 0.240 e. The van der Waals surface area contributed by atoms with Gasteiger partial charge in [-0.15, -0.1) is 0 Å². The fourth-order valence-corrected chi connectivity index (χ4v) is 5.13. The molecule has 0 saturated carbocycles. The summed E-state index contributed by atoms with van der Waals surface area (Å²) in [7, 11) is 1.58. The zero-order valence-electron chi connectivity index (χ0n) is 20.7. The number of carbonyl (C=O) groups is 4. The molecule has 4 amide bonds. The first kappa shape index (κ1) is 25.6. The number of hydrogen-bond acceptors (Lipinski definition) is 5. The van der Waals surface area contributed by atoms with E-state index in [1.165, 1.54) is 4.90 Å². The number of hydrogen-bond donors (Lipinski definition) is 1. The van der Waals surface area contributed by atoms with Gasteiger partial charge in [0.2, 0.25) is 23.6 Å². The van der Waals surface area contributed by atoms with Gasteiger partial charge < -0.3 is 15.0 Å². The van der Waals surface area contributed by atoms with E-state index < -0.39 is 5.41 Å². The van der Waals surface area contributed by atoms with Gasteiger partial charge in [0, 0.05) is 58.7 Å². The van der Waals surface area contributed by atoms with Gasteiger partial charge in [0.15, 0.2) is 0 Å². The molecule has 2 atom stereocenters. The quantitative estimate of drug-likeness (QED) is 0.385. The Kier molecular flexibility index (Phi) is 8.15.